The maximum Gasteiger partial charge on any atom is 0.308 e. The summed E-state index contributed by atoms with van der Waals surface area (Å²) >= 11 is 5.78. The smallest absolute Gasteiger partial charge is 0.308 e. The number of nitrogen functional groups attached to an aromatic ring is 1. The van der Waals surface area contributed by atoms with Crippen molar-refractivity contribution in [2.24, 2.45) is 0 Å². The molecule has 0 aliphatic heterocycles. The fourth-order valence-electron chi connectivity index (χ4n) is 1.74. The van der Waals surface area contributed by atoms with E-state index in [0.29, 0.717) is 10.6 Å². The van der Waals surface area contributed by atoms with Gasteiger partial charge in [0.05, 0.1) is 5.69 Å². The number of carbonyl (C=O) groups excluding carboxylic acids is 2. The minimum Gasteiger partial charge on any atom is -0.424 e. The molecular weight excluding hydrogens is 278 g/mol. The van der Waals surface area contributed by atoms with Crippen LogP contribution in [0.25, 0.3) is 0 Å². The van der Waals surface area contributed by atoms with E-state index in [9.17, 15) is 9.59 Å². The predicted octanol–water partition coefficient (Wildman–Crippen LogP) is 3.08. The summed E-state index contributed by atoms with van der Waals surface area (Å²) in [5, 5.41) is 0.545. The molecule has 4 nitrogen and oxygen atoms in total. The highest BCUT2D eigenvalue weighted by Gasteiger charge is 2.16. The van der Waals surface area contributed by atoms with Gasteiger partial charge in [-0.3, -0.25) is 9.59 Å². The summed E-state index contributed by atoms with van der Waals surface area (Å²) in [4.78, 5) is 23.3. The second-order valence-electron chi connectivity index (χ2n) is 4.15. The zero-order valence-corrected chi connectivity index (χ0v) is 11.5. The summed E-state index contributed by atoms with van der Waals surface area (Å²) in [6.07, 6.45) is 0. The Morgan fingerprint density at radius 3 is 2.35 bits per heavy atom. The van der Waals surface area contributed by atoms with Crippen LogP contribution in [0.4, 0.5) is 5.69 Å². The van der Waals surface area contributed by atoms with E-state index in [2.05, 4.69) is 0 Å². The normalized spacial score (nSPS) is 10.1. The average Bonchev–Trinajstić information content (AvgIpc) is 2.41. The molecule has 2 rings (SSSR count). The number of hydrogen-bond donors (Lipinski definition) is 1. The van der Waals surface area contributed by atoms with E-state index in [0.717, 1.165) is 0 Å². The lowest BCUT2D eigenvalue weighted by Crippen LogP contribution is -2.09. The lowest BCUT2D eigenvalue weighted by atomic mass is 10.0. The van der Waals surface area contributed by atoms with Crippen molar-refractivity contribution in [3.05, 3.63) is 58.6 Å². The number of para-hydroxylation sites is 1. The molecule has 0 unspecified atom stereocenters. The molecule has 0 aliphatic carbocycles. The van der Waals surface area contributed by atoms with Crippen LogP contribution in [0.2, 0.25) is 5.02 Å². The minimum absolute atomic E-state index is 0.141. The van der Waals surface area contributed by atoms with Crippen molar-refractivity contribution >= 4 is 29.0 Å². The molecule has 0 aliphatic rings. The van der Waals surface area contributed by atoms with Crippen molar-refractivity contribution in [3.63, 3.8) is 0 Å². The summed E-state index contributed by atoms with van der Waals surface area (Å²) < 4.78 is 4.95. The fraction of sp³-hybridized carbons (Fsp3) is 0.0667. The molecule has 5 heteroatoms. The molecule has 0 atom stereocenters. The van der Waals surface area contributed by atoms with Crippen LogP contribution in [0.1, 0.15) is 22.8 Å². The van der Waals surface area contributed by atoms with Crippen LogP contribution in [-0.2, 0) is 4.79 Å². The van der Waals surface area contributed by atoms with Crippen LogP contribution in [0.15, 0.2) is 42.5 Å². The van der Waals surface area contributed by atoms with E-state index < -0.39 is 5.97 Å². The number of benzene rings is 2. The van der Waals surface area contributed by atoms with E-state index in [1.807, 2.05) is 0 Å². The molecule has 0 spiro atoms. The van der Waals surface area contributed by atoms with Gasteiger partial charge >= 0.3 is 5.97 Å². The van der Waals surface area contributed by atoms with Crippen molar-refractivity contribution in [3.8, 4) is 5.75 Å². The summed E-state index contributed by atoms with van der Waals surface area (Å²) in [6, 6.07) is 11.2. The quantitative estimate of drug-likeness (QED) is 0.408. The van der Waals surface area contributed by atoms with E-state index in [1.54, 1.807) is 36.4 Å². The highest BCUT2D eigenvalue weighted by molar-refractivity contribution is 6.30. The Hall–Kier alpha value is -2.33. The summed E-state index contributed by atoms with van der Waals surface area (Å²) in [5.41, 5.74) is 6.76. The van der Waals surface area contributed by atoms with Crippen molar-refractivity contribution in [1.82, 2.24) is 0 Å². The molecule has 0 saturated carbocycles. The SMILES string of the molecule is CC(=O)Oc1cccc(C(=O)c2ccc(Cl)cc2)c1N. The summed E-state index contributed by atoms with van der Waals surface area (Å²) in [6.45, 7) is 1.27. The van der Waals surface area contributed by atoms with Gasteiger partial charge in [-0.05, 0) is 36.4 Å². The second-order valence-corrected chi connectivity index (χ2v) is 4.58. The number of hydrogen-bond acceptors (Lipinski definition) is 4. The van der Waals surface area contributed by atoms with E-state index in [1.165, 1.54) is 13.0 Å². The lowest BCUT2D eigenvalue weighted by molar-refractivity contribution is -0.131. The molecule has 2 aromatic rings. The Labute approximate surface area is 121 Å². The molecule has 0 saturated heterocycles. The van der Waals surface area contributed by atoms with E-state index in [4.69, 9.17) is 22.1 Å². The first kappa shape index (κ1) is 14.1. The van der Waals surface area contributed by atoms with Gasteiger partial charge in [-0.1, -0.05) is 17.7 Å². The predicted molar refractivity (Wildman–Crippen MR) is 77.0 cm³/mol. The van der Waals surface area contributed by atoms with Crippen LogP contribution in [0.5, 0.6) is 5.75 Å². The minimum atomic E-state index is -0.493. The Morgan fingerprint density at radius 2 is 1.75 bits per heavy atom. The number of rotatable bonds is 3. The molecule has 2 N–H and O–H groups in total. The first-order valence-corrected chi connectivity index (χ1v) is 6.24. The third-order valence-corrected chi connectivity index (χ3v) is 2.92. The molecule has 2 aromatic carbocycles. The monoisotopic (exact) mass is 289 g/mol. The Balaban J connectivity index is 2.39. The first-order chi connectivity index (χ1) is 9.49. The zero-order valence-electron chi connectivity index (χ0n) is 10.7. The van der Waals surface area contributed by atoms with Crippen LogP contribution < -0.4 is 10.5 Å². The Kier molecular flexibility index (Phi) is 4.05. The molecular formula is C15H12ClNO3. The number of esters is 1. The van der Waals surface area contributed by atoms with Gasteiger partial charge in [0.1, 0.15) is 0 Å². The molecule has 0 aromatic heterocycles. The van der Waals surface area contributed by atoms with Gasteiger partial charge in [0.15, 0.2) is 11.5 Å². The van der Waals surface area contributed by atoms with Gasteiger partial charge < -0.3 is 10.5 Å². The largest absolute Gasteiger partial charge is 0.424 e. The molecule has 0 heterocycles. The number of halogens is 1. The molecule has 0 fully saturated rings. The summed E-state index contributed by atoms with van der Waals surface area (Å²) in [5.74, 6) is -0.571. The van der Waals surface area contributed by atoms with Crippen molar-refractivity contribution in [1.29, 1.82) is 0 Å². The summed E-state index contributed by atoms with van der Waals surface area (Å²) in [7, 11) is 0. The van der Waals surface area contributed by atoms with Gasteiger partial charge in [-0.25, -0.2) is 0 Å². The van der Waals surface area contributed by atoms with Crippen LogP contribution >= 0.6 is 11.6 Å². The molecule has 0 bridgehead atoms. The van der Waals surface area contributed by atoms with Crippen LogP contribution in [0.3, 0.4) is 0 Å². The molecule has 0 radical (unpaired) electrons. The highest BCUT2D eigenvalue weighted by Crippen LogP contribution is 2.27. The number of anilines is 1. The van der Waals surface area contributed by atoms with E-state index in [-0.39, 0.29) is 22.8 Å². The Bertz CT molecular complexity index is 665. The maximum absolute atomic E-state index is 12.4. The molecule has 20 heavy (non-hydrogen) atoms. The third-order valence-electron chi connectivity index (χ3n) is 2.67. The maximum atomic E-state index is 12.4. The molecule has 102 valence electrons. The topological polar surface area (TPSA) is 69.4 Å². The van der Waals surface area contributed by atoms with Gasteiger partial charge in [0.25, 0.3) is 0 Å². The van der Waals surface area contributed by atoms with Gasteiger partial charge in [-0.15, -0.1) is 0 Å². The lowest BCUT2D eigenvalue weighted by Gasteiger charge is -2.09. The van der Waals surface area contributed by atoms with Gasteiger partial charge in [0, 0.05) is 23.1 Å². The van der Waals surface area contributed by atoms with Crippen LogP contribution in [-0.4, -0.2) is 11.8 Å². The number of nitrogens with two attached hydrogens (primary N) is 1. The second kappa shape index (κ2) is 5.75. The number of carbonyl (C=O) groups is 2. The Morgan fingerprint density at radius 1 is 1.10 bits per heavy atom. The van der Waals surface area contributed by atoms with Gasteiger partial charge in [-0.2, -0.15) is 0 Å². The van der Waals surface area contributed by atoms with Crippen molar-refractivity contribution in [2.75, 3.05) is 5.73 Å². The van der Waals surface area contributed by atoms with Gasteiger partial charge in [0.2, 0.25) is 0 Å². The van der Waals surface area contributed by atoms with Crippen LogP contribution in [0, 0.1) is 0 Å². The van der Waals surface area contributed by atoms with E-state index >= 15 is 0 Å². The van der Waals surface area contributed by atoms with Crippen molar-refractivity contribution < 1.29 is 14.3 Å². The fourth-order valence-corrected chi connectivity index (χ4v) is 1.87. The first-order valence-electron chi connectivity index (χ1n) is 5.86. The third kappa shape index (κ3) is 2.97. The highest BCUT2D eigenvalue weighted by atomic mass is 35.5. The standard InChI is InChI=1S/C15H12ClNO3/c1-9(18)20-13-4-2-3-12(14(13)17)15(19)10-5-7-11(16)8-6-10/h2-8H,17H2,1H3. The molecule has 0 amide bonds. The number of ether oxygens (including phenoxy) is 1. The zero-order chi connectivity index (χ0) is 14.7. The van der Waals surface area contributed by atoms with Crippen molar-refractivity contribution in [2.45, 2.75) is 6.92 Å². The number of ketones is 1. The average molecular weight is 290 g/mol.